The van der Waals surface area contributed by atoms with Gasteiger partial charge in [0.15, 0.2) is 0 Å². The number of aldehydes is 1. The molecule has 0 saturated heterocycles. The lowest BCUT2D eigenvalue weighted by molar-refractivity contribution is -0.108. The van der Waals surface area contributed by atoms with Crippen LogP contribution >= 0.6 is 0 Å². The fourth-order valence-electron chi connectivity index (χ4n) is 4.99. The molecule has 0 aromatic rings. The topological polar surface area (TPSA) is 17.1 Å². The molecule has 2 fully saturated rings. The maximum atomic E-state index is 10.8. The van der Waals surface area contributed by atoms with Crippen LogP contribution in [0.1, 0.15) is 109 Å². The van der Waals surface area contributed by atoms with Gasteiger partial charge in [0.25, 0.3) is 0 Å². The van der Waals surface area contributed by atoms with E-state index in [1.807, 2.05) is 0 Å². The van der Waals surface area contributed by atoms with E-state index in [9.17, 15) is 4.79 Å². The zero-order valence-corrected chi connectivity index (χ0v) is 14.7. The molecule has 0 radical (unpaired) electrons. The Bertz CT molecular complexity index is 276. The van der Waals surface area contributed by atoms with Gasteiger partial charge >= 0.3 is 0 Å². The van der Waals surface area contributed by atoms with Crippen LogP contribution in [-0.2, 0) is 4.79 Å². The minimum atomic E-state index is 0.794. The van der Waals surface area contributed by atoms with Crippen LogP contribution in [0.15, 0.2) is 0 Å². The summed E-state index contributed by atoms with van der Waals surface area (Å²) in [6.45, 7) is 0. The van der Waals surface area contributed by atoms with Gasteiger partial charge in [0.1, 0.15) is 6.29 Å². The first-order valence-corrected chi connectivity index (χ1v) is 10.3. The molecule has 22 heavy (non-hydrogen) atoms. The van der Waals surface area contributed by atoms with Gasteiger partial charge in [-0.1, -0.05) is 89.9 Å². The maximum absolute atomic E-state index is 10.8. The quantitative estimate of drug-likeness (QED) is 0.528. The summed E-state index contributed by atoms with van der Waals surface area (Å²) in [4.78, 5) is 10.8. The van der Waals surface area contributed by atoms with Crippen molar-refractivity contribution in [2.45, 2.75) is 109 Å². The predicted octanol–water partition coefficient (Wildman–Crippen LogP) is 6.69. The van der Waals surface area contributed by atoms with Crippen molar-refractivity contribution in [1.29, 1.82) is 0 Å². The van der Waals surface area contributed by atoms with Gasteiger partial charge in [-0.25, -0.2) is 0 Å². The van der Waals surface area contributed by atoms with E-state index in [4.69, 9.17) is 0 Å². The summed E-state index contributed by atoms with van der Waals surface area (Å²) < 4.78 is 0. The molecule has 2 unspecified atom stereocenters. The van der Waals surface area contributed by atoms with E-state index in [2.05, 4.69) is 0 Å². The smallest absolute Gasteiger partial charge is 0.120 e. The second-order valence-electron chi connectivity index (χ2n) is 8.06. The maximum Gasteiger partial charge on any atom is 0.120 e. The molecule has 0 bridgehead atoms. The monoisotopic (exact) mass is 306 g/mol. The summed E-state index contributed by atoms with van der Waals surface area (Å²) in [6.07, 6.45) is 24.9. The number of hydrogen-bond donors (Lipinski definition) is 0. The molecule has 2 aliphatic carbocycles. The Morgan fingerprint density at radius 1 is 0.636 bits per heavy atom. The third-order valence-corrected chi connectivity index (χ3v) is 6.33. The molecule has 0 aliphatic heterocycles. The molecule has 0 spiro atoms. The lowest BCUT2D eigenvalue weighted by Crippen LogP contribution is -2.19. The van der Waals surface area contributed by atoms with E-state index in [-0.39, 0.29) is 0 Å². The van der Waals surface area contributed by atoms with Crippen molar-refractivity contribution in [3.63, 3.8) is 0 Å². The third kappa shape index (κ3) is 6.84. The molecule has 0 aromatic heterocycles. The summed E-state index contributed by atoms with van der Waals surface area (Å²) >= 11 is 0. The summed E-state index contributed by atoms with van der Waals surface area (Å²) in [5.41, 5.74) is 0. The Kier molecular flexibility index (Phi) is 9.21. The number of carbonyl (C=O) groups is 1. The van der Waals surface area contributed by atoms with Crippen molar-refractivity contribution in [3.8, 4) is 0 Å². The Labute approximate surface area is 138 Å². The third-order valence-electron chi connectivity index (χ3n) is 6.33. The molecule has 2 rings (SSSR count). The lowest BCUT2D eigenvalue weighted by Gasteiger charge is -2.30. The summed E-state index contributed by atoms with van der Waals surface area (Å²) in [5.74, 6) is 2.80. The fourth-order valence-corrected chi connectivity index (χ4v) is 4.99. The summed E-state index contributed by atoms with van der Waals surface area (Å²) in [7, 11) is 0. The molecule has 2 atom stereocenters. The van der Waals surface area contributed by atoms with Crippen LogP contribution in [0.5, 0.6) is 0 Å². The standard InChI is InChI=1S/C21H38O/c22-17-11-13-19-12-7-5-6-10-16-21(18-19)20-14-8-3-1-2-4-9-15-20/h17,19-21H,1-16,18H2. The molecule has 0 aromatic carbocycles. The Balaban J connectivity index is 1.93. The van der Waals surface area contributed by atoms with Gasteiger partial charge in [-0.2, -0.15) is 0 Å². The molecule has 2 saturated carbocycles. The zero-order chi connectivity index (χ0) is 15.5. The first kappa shape index (κ1) is 18.0. The SMILES string of the molecule is O=CCCC1CCCCCCC(C2CCCCCCCC2)C1. The van der Waals surface area contributed by atoms with Crippen molar-refractivity contribution < 1.29 is 4.79 Å². The number of hydrogen-bond acceptors (Lipinski definition) is 1. The normalized spacial score (nSPS) is 30.2. The van der Waals surface area contributed by atoms with E-state index in [1.54, 1.807) is 0 Å². The highest BCUT2D eigenvalue weighted by Crippen LogP contribution is 2.38. The molecule has 0 N–H and O–H groups in total. The van der Waals surface area contributed by atoms with Crippen molar-refractivity contribution in [3.05, 3.63) is 0 Å². The van der Waals surface area contributed by atoms with E-state index in [1.165, 1.54) is 96.3 Å². The van der Waals surface area contributed by atoms with Crippen LogP contribution in [0.4, 0.5) is 0 Å². The molecule has 1 nitrogen and oxygen atoms in total. The Morgan fingerprint density at radius 3 is 1.73 bits per heavy atom. The van der Waals surface area contributed by atoms with Gasteiger partial charge < -0.3 is 4.79 Å². The van der Waals surface area contributed by atoms with Gasteiger partial charge in [0, 0.05) is 6.42 Å². The Hall–Kier alpha value is -0.330. The lowest BCUT2D eigenvalue weighted by atomic mass is 9.76. The average molecular weight is 307 g/mol. The number of carbonyl (C=O) groups excluding carboxylic acids is 1. The van der Waals surface area contributed by atoms with Crippen LogP contribution in [-0.4, -0.2) is 6.29 Å². The average Bonchev–Trinajstić information content (AvgIpc) is 2.74. The minimum absolute atomic E-state index is 0.794. The van der Waals surface area contributed by atoms with Gasteiger partial charge in [0.2, 0.25) is 0 Å². The summed E-state index contributed by atoms with van der Waals surface area (Å²) in [6, 6.07) is 0. The van der Waals surface area contributed by atoms with Crippen molar-refractivity contribution >= 4 is 6.29 Å². The first-order valence-electron chi connectivity index (χ1n) is 10.3. The van der Waals surface area contributed by atoms with Gasteiger partial charge in [-0.15, -0.1) is 0 Å². The molecule has 0 heterocycles. The zero-order valence-electron chi connectivity index (χ0n) is 14.7. The highest BCUT2D eigenvalue weighted by molar-refractivity contribution is 5.49. The Morgan fingerprint density at radius 2 is 1.14 bits per heavy atom. The minimum Gasteiger partial charge on any atom is -0.303 e. The van der Waals surface area contributed by atoms with Crippen LogP contribution in [0.3, 0.4) is 0 Å². The molecule has 1 heteroatoms. The van der Waals surface area contributed by atoms with Crippen LogP contribution in [0.25, 0.3) is 0 Å². The number of rotatable bonds is 4. The highest BCUT2D eigenvalue weighted by atomic mass is 16.1. The van der Waals surface area contributed by atoms with E-state index >= 15 is 0 Å². The van der Waals surface area contributed by atoms with Gasteiger partial charge in [-0.05, 0) is 30.6 Å². The van der Waals surface area contributed by atoms with Gasteiger partial charge in [-0.3, -0.25) is 0 Å². The molecule has 2 aliphatic rings. The van der Waals surface area contributed by atoms with E-state index < -0.39 is 0 Å². The molecule has 128 valence electrons. The van der Waals surface area contributed by atoms with Crippen LogP contribution in [0, 0.1) is 17.8 Å². The van der Waals surface area contributed by atoms with E-state index in [0.717, 1.165) is 36.9 Å². The molecular formula is C21H38O. The van der Waals surface area contributed by atoms with Crippen molar-refractivity contribution in [2.24, 2.45) is 17.8 Å². The molecule has 0 amide bonds. The van der Waals surface area contributed by atoms with Crippen LogP contribution in [0.2, 0.25) is 0 Å². The largest absolute Gasteiger partial charge is 0.303 e. The molecular weight excluding hydrogens is 268 g/mol. The fraction of sp³-hybridized carbons (Fsp3) is 0.952. The first-order chi connectivity index (χ1) is 10.9. The van der Waals surface area contributed by atoms with Crippen molar-refractivity contribution in [2.75, 3.05) is 0 Å². The van der Waals surface area contributed by atoms with Gasteiger partial charge in [0.05, 0.1) is 0 Å². The van der Waals surface area contributed by atoms with E-state index in [0.29, 0.717) is 0 Å². The highest BCUT2D eigenvalue weighted by Gasteiger charge is 2.25. The van der Waals surface area contributed by atoms with Crippen molar-refractivity contribution in [1.82, 2.24) is 0 Å². The second kappa shape index (κ2) is 11.2. The second-order valence-corrected chi connectivity index (χ2v) is 8.06. The van der Waals surface area contributed by atoms with Crippen LogP contribution < -0.4 is 0 Å². The summed E-state index contributed by atoms with van der Waals surface area (Å²) in [5, 5.41) is 0. The predicted molar refractivity (Wildman–Crippen MR) is 95.0 cm³/mol.